The van der Waals surface area contributed by atoms with E-state index in [1.165, 1.54) is 0 Å². The molecule has 0 heterocycles. The Hall–Kier alpha value is -1.48. The molecule has 0 radical (unpaired) electrons. The minimum Gasteiger partial charge on any atom is -0.497 e. The van der Waals surface area contributed by atoms with Crippen molar-refractivity contribution in [1.29, 1.82) is 0 Å². The molecule has 0 aromatic heterocycles. The molecule has 0 fully saturated rings. The molecule has 19 heavy (non-hydrogen) atoms. The first-order valence-corrected chi connectivity index (χ1v) is 7.01. The van der Waals surface area contributed by atoms with Crippen LogP contribution < -0.4 is 9.47 Å². The summed E-state index contributed by atoms with van der Waals surface area (Å²) >= 11 is 2.94. The third-order valence-corrected chi connectivity index (χ3v) is 1.96. The molecular weight excluding hydrogens is 304 g/mol. The maximum atomic E-state index is 4.91. The van der Waals surface area contributed by atoms with Gasteiger partial charge in [-0.1, -0.05) is 59.8 Å². The normalized spacial score (nSPS) is 7.58. The van der Waals surface area contributed by atoms with Crippen molar-refractivity contribution < 1.29 is 9.47 Å². The zero-order valence-corrected chi connectivity index (χ0v) is 12.6. The number of rotatable bonds is 2. The van der Waals surface area contributed by atoms with Crippen LogP contribution in [-0.2, 0) is 0 Å². The van der Waals surface area contributed by atoms with Gasteiger partial charge in [-0.15, -0.1) is 0 Å². The van der Waals surface area contributed by atoms with E-state index in [0.717, 1.165) is 11.5 Å². The lowest BCUT2D eigenvalue weighted by Crippen LogP contribution is -1.78. The number of hydrogen-bond donors (Lipinski definition) is 0. The summed E-state index contributed by atoms with van der Waals surface area (Å²) in [5, 5.41) is 0. The van der Waals surface area contributed by atoms with Gasteiger partial charge in [0, 0.05) is 0 Å². The van der Waals surface area contributed by atoms with Crippen LogP contribution in [0.25, 0.3) is 0 Å². The summed E-state index contributed by atoms with van der Waals surface area (Å²) in [5.41, 5.74) is 0. The predicted octanol–water partition coefficient (Wildman–Crippen LogP) is 5.04. The molecule has 0 aliphatic heterocycles. The highest BCUT2D eigenvalue weighted by molar-refractivity contribution is 9.08. The van der Waals surface area contributed by atoms with E-state index >= 15 is 0 Å². The molecule has 106 valence electrons. The lowest BCUT2D eigenvalue weighted by Gasteiger charge is -1.93. The van der Waals surface area contributed by atoms with E-state index < -0.39 is 0 Å². The molecule has 0 bridgehead atoms. The van der Waals surface area contributed by atoms with Gasteiger partial charge in [0.1, 0.15) is 11.5 Å². The second kappa shape index (κ2) is 14.6. The van der Waals surface area contributed by atoms with E-state index in [9.17, 15) is 0 Å². The molecule has 2 aromatic carbocycles. The summed E-state index contributed by atoms with van der Waals surface area (Å²) in [4.78, 5) is 0. The minimum absolute atomic E-state index is 0. The molecule has 2 nitrogen and oxygen atoms in total. The number of benzene rings is 2. The highest BCUT2D eigenvalue weighted by Crippen LogP contribution is 2.06. The lowest BCUT2D eigenvalue weighted by atomic mass is 10.3. The van der Waals surface area contributed by atoms with Gasteiger partial charge in [-0.25, -0.2) is 0 Å². The summed E-state index contributed by atoms with van der Waals surface area (Å²) in [7, 11) is 3.32. The van der Waals surface area contributed by atoms with Crippen LogP contribution in [0.5, 0.6) is 11.5 Å². The van der Waals surface area contributed by atoms with Gasteiger partial charge in [0.05, 0.1) is 14.2 Å². The topological polar surface area (TPSA) is 18.5 Å². The molecular formula is C16H23BrO2. The summed E-state index contributed by atoms with van der Waals surface area (Å²) in [6.07, 6.45) is 0. The quantitative estimate of drug-likeness (QED) is 0.720. The Bertz CT molecular complexity index is 337. The monoisotopic (exact) mass is 326 g/mol. The van der Waals surface area contributed by atoms with Crippen LogP contribution in [0.4, 0.5) is 0 Å². The van der Waals surface area contributed by atoms with Gasteiger partial charge in [-0.05, 0) is 30.1 Å². The Morgan fingerprint density at radius 3 is 1.05 bits per heavy atom. The average Bonchev–Trinajstić information content (AvgIpc) is 2.51. The van der Waals surface area contributed by atoms with Crippen molar-refractivity contribution in [2.45, 2.75) is 7.43 Å². The van der Waals surface area contributed by atoms with Gasteiger partial charge in [0.15, 0.2) is 0 Å². The first-order valence-electron chi connectivity index (χ1n) is 5.42. The number of alkyl halides is 1. The first-order chi connectivity index (χ1) is 8.86. The van der Waals surface area contributed by atoms with Crippen molar-refractivity contribution in [3.63, 3.8) is 0 Å². The van der Waals surface area contributed by atoms with Crippen molar-refractivity contribution in [3.05, 3.63) is 60.7 Å². The number of ether oxygens (including phenoxy) is 2. The maximum absolute atomic E-state index is 4.91. The second-order valence-electron chi connectivity index (χ2n) is 3.03. The molecule has 2 aromatic rings. The predicted molar refractivity (Wildman–Crippen MR) is 87.6 cm³/mol. The van der Waals surface area contributed by atoms with Crippen LogP contribution in [-0.4, -0.2) is 20.1 Å². The molecule has 0 unspecified atom stereocenters. The van der Waals surface area contributed by atoms with E-state index in [2.05, 4.69) is 15.9 Å². The molecule has 0 saturated carbocycles. The van der Waals surface area contributed by atoms with Gasteiger partial charge < -0.3 is 9.47 Å². The number of para-hydroxylation sites is 2. The highest BCUT2D eigenvalue weighted by Gasteiger charge is 1.80. The maximum Gasteiger partial charge on any atom is 0.118 e. The number of halogens is 1. The van der Waals surface area contributed by atoms with Crippen LogP contribution in [0.3, 0.4) is 0 Å². The van der Waals surface area contributed by atoms with E-state index in [1.807, 2.05) is 66.5 Å². The lowest BCUT2D eigenvalue weighted by molar-refractivity contribution is 0.414. The first kappa shape index (κ1) is 19.9. The number of hydrogen-bond acceptors (Lipinski definition) is 2. The van der Waals surface area contributed by atoms with E-state index in [4.69, 9.17) is 9.47 Å². The summed E-state index contributed by atoms with van der Waals surface area (Å²) in [5.74, 6) is 3.63. The van der Waals surface area contributed by atoms with Crippen molar-refractivity contribution in [2.75, 3.05) is 20.1 Å². The average molecular weight is 327 g/mol. The highest BCUT2D eigenvalue weighted by atomic mass is 79.9. The third-order valence-electron chi connectivity index (χ3n) is 1.96. The summed E-state index contributed by atoms with van der Waals surface area (Å²) < 4.78 is 9.83. The molecule has 0 amide bonds. The molecule has 0 N–H and O–H groups in total. The third kappa shape index (κ3) is 10.2. The summed E-state index contributed by atoms with van der Waals surface area (Å²) in [6, 6.07) is 19.4. The minimum atomic E-state index is 0. The Morgan fingerprint density at radius 2 is 0.895 bits per heavy atom. The van der Waals surface area contributed by atoms with Crippen LogP contribution in [0.15, 0.2) is 60.7 Å². The Kier molecular flexibility index (Phi) is 15.2. The van der Waals surface area contributed by atoms with Crippen LogP contribution in [0, 0.1) is 0 Å². The van der Waals surface area contributed by atoms with Gasteiger partial charge in [-0.2, -0.15) is 0 Å². The van der Waals surface area contributed by atoms with Gasteiger partial charge in [0.25, 0.3) is 0 Å². The Morgan fingerprint density at radius 1 is 0.632 bits per heavy atom. The Balaban J connectivity index is 0. The fraction of sp³-hybridized carbons (Fsp3) is 0.250. The molecule has 0 saturated heterocycles. The zero-order valence-electron chi connectivity index (χ0n) is 11.0. The number of methoxy groups -OCH3 is 2. The SMILES string of the molecule is C.CBr.COc1ccccc1.COc1ccccc1. The van der Waals surface area contributed by atoms with E-state index in [0.29, 0.717) is 0 Å². The molecule has 0 aliphatic rings. The van der Waals surface area contributed by atoms with Crippen LogP contribution >= 0.6 is 15.9 Å². The largest absolute Gasteiger partial charge is 0.497 e. The zero-order chi connectivity index (χ0) is 13.6. The molecule has 0 aliphatic carbocycles. The summed E-state index contributed by atoms with van der Waals surface area (Å²) in [6.45, 7) is 0. The van der Waals surface area contributed by atoms with Gasteiger partial charge in [-0.3, -0.25) is 0 Å². The van der Waals surface area contributed by atoms with Crippen molar-refractivity contribution >= 4 is 15.9 Å². The Labute approximate surface area is 125 Å². The fourth-order valence-corrected chi connectivity index (χ4v) is 1.11. The van der Waals surface area contributed by atoms with Gasteiger partial charge >= 0.3 is 0 Å². The molecule has 0 spiro atoms. The standard InChI is InChI=1S/2C7H8O.CH3Br.CH4/c2*1-8-7-5-3-2-4-6-7;1-2;/h2*2-6H,1H3;1H3;1H4. The van der Waals surface area contributed by atoms with Crippen LogP contribution in [0.1, 0.15) is 7.43 Å². The fourth-order valence-electron chi connectivity index (χ4n) is 1.11. The van der Waals surface area contributed by atoms with E-state index in [-0.39, 0.29) is 7.43 Å². The van der Waals surface area contributed by atoms with Crippen LogP contribution in [0.2, 0.25) is 0 Å². The van der Waals surface area contributed by atoms with Crippen molar-refractivity contribution in [2.24, 2.45) is 0 Å². The molecule has 3 heteroatoms. The van der Waals surface area contributed by atoms with Crippen molar-refractivity contribution in [1.82, 2.24) is 0 Å². The molecule has 2 rings (SSSR count). The molecule has 0 atom stereocenters. The van der Waals surface area contributed by atoms with E-state index in [1.54, 1.807) is 14.2 Å². The smallest absolute Gasteiger partial charge is 0.118 e. The van der Waals surface area contributed by atoms with Gasteiger partial charge in [0.2, 0.25) is 0 Å². The second-order valence-corrected chi connectivity index (χ2v) is 3.03. The van der Waals surface area contributed by atoms with Crippen molar-refractivity contribution in [3.8, 4) is 11.5 Å².